The highest BCUT2D eigenvalue weighted by atomic mass is 32.2. The van der Waals surface area contributed by atoms with E-state index in [0.29, 0.717) is 0 Å². The number of benzene rings is 1. The second kappa shape index (κ2) is 5.88. The van der Waals surface area contributed by atoms with Gasteiger partial charge in [0.2, 0.25) is 0 Å². The number of rotatable bonds is 5. The Morgan fingerprint density at radius 1 is 1.40 bits per heavy atom. The van der Waals surface area contributed by atoms with Crippen molar-refractivity contribution in [1.29, 1.82) is 0 Å². The zero-order valence-corrected chi connectivity index (χ0v) is 9.92. The Morgan fingerprint density at radius 2 is 2.00 bits per heavy atom. The molecule has 0 aliphatic rings. The molecule has 0 heterocycles. The second-order valence-corrected chi connectivity index (χ2v) is 4.59. The fourth-order valence-corrected chi connectivity index (χ4v) is 2.00. The van der Waals surface area contributed by atoms with Crippen LogP contribution in [0, 0.1) is 0 Å². The van der Waals surface area contributed by atoms with Crippen molar-refractivity contribution in [3.05, 3.63) is 24.3 Å². The number of aliphatic hydroxyl groups excluding tert-OH is 1. The first kappa shape index (κ1) is 12.2. The SMILES string of the molecule is CSC(CO)C(C)Nc1ccc(N)cc1. The number of hydrogen-bond acceptors (Lipinski definition) is 4. The average Bonchev–Trinajstić information content (AvgIpc) is 2.23. The van der Waals surface area contributed by atoms with Crippen molar-refractivity contribution in [1.82, 2.24) is 0 Å². The minimum Gasteiger partial charge on any atom is -0.399 e. The lowest BCUT2D eigenvalue weighted by atomic mass is 10.2. The third-order valence-corrected chi connectivity index (χ3v) is 3.51. The topological polar surface area (TPSA) is 58.3 Å². The van der Waals surface area contributed by atoms with Crippen LogP contribution in [0.3, 0.4) is 0 Å². The molecule has 0 fully saturated rings. The van der Waals surface area contributed by atoms with Gasteiger partial charge in [-0.1, -0.05) is 0 Å². The molecule has 1 aromatic carbocycles. The molecule has 0 aromatic heterocycles. The van der Waals surface area contributed by atoms with Gasteiger partial charge in [-0.25, -0.2) is 0 Å². The maximum absolute atomic E-state index is 9.14. The lowest BCUT2D eigenvalue weighted by Crippen LogP contribution is -2.30. The van der Waals surface area contributed by atoms with Gasteiger partial charge in [0, 0.05) is 22.7 Å². The van der Waals surface area contributed by atoms with Crippen molar-refractivity contribution < 1.29 is 5.11 Å². The van der Waals surface area contributed by atoms with Crippen molar-refractivity contribution >= 4 is 23.1 Å². The van der Waals surface area contributed by atoms with Gasteiger partial charge < -0.3 is 16.2 Å². The molecule has 2 atom stereocenters. The van der Waals surface area contributed by atoms with Crippen molar-refractivity contribution in [3.63, 3.8) is 0 Å². The fourth-order valence-electron chi connectivity index (χ4n) is 1.37. The van der Waals surface area contributed by atoms with Crippen LogP contribution < -0.4 is 11.1 Å². The zero-order chi connectivity index (χ0) is 11.3. The quantitative estimate of drug-likeness (QED) is 0.670. The van der Waals surface area contributed by atoms with Gasteiger partial charge >= 0.3 is 0 Å². The highest BCUT2D eigenvalue weighted by molar-refractivity contribution is 7.99. The van der Waals surface area contributed by atoms with E-state index in [1.807, 2.05) is 30.5 Å². The molecule has 0 spiro atoms. The molecular weight excluding hydrogens is 208 g/mol. The Hall–Kier alpha value is -0.870. The highest BCUT2D eigenvalue weighted by Crippen LogP contribution is 2.17. The van der Waals surface area contributed by atoms with Crippen molar-refractivity contribution in [2.24, 2.45) is 0 Å². The minimum atomic E-state index is 0.185. The summed E-state index contributed by atoms with van der Waals surface area (Å²) in [5.41, 5.74) is 7.39. The van der Waals surface area contributed by atoms with Crippen LogP contribution in [0.15, 0.2) is 24.3 Å². The first-order valence-electron chi connectivity index (χ1n) is 4.93. The smallest absolute Gasteiger partial charge is 0.0569 e. The number of hydrogen-bond donors (Lipinski definition) is 3. The summed E-state index contributed by atoms with van der Waals surface area (Å²) in [6.07, 6.45) is 2.00. The van der Waals surface area contributed by atoms with Gasteiger partial charge in [0.1, 0.15) is 0 Å². The van der Waals surface area contributed by atoms with Crippen LogP contribution in [0.4, 0.5) is 11.4 Å². The number of nitrogens with one attached hydrogen (secondary N) is 1. The second-order valence-electron chi connectivity index (χ2n) is 3.51. The van der Waals surface area contributed by atoms with Crippen LogP contribution >= 0.6 is 11.8 Å². The largest absolute Gasteiger partial charge is 0.399 e. The Balaban J connectivity index is 2.57. The van der Waals surface area contributed by atoms with E-state index in [1.54, 1.807) is 11.8 Å². The molecule has 1 aromatic rings. The summed E-state index contributed by atoms with van der Waals surface area (Å²) in [7, 11) is 0. The summed E-state index contributed by atoms with van der Waals surface area (Å²) >= 11 is 1.66. The molecule has 0 aliphatic heterocycles. The molecule has 0 radical (unpaired) electrons. The van der Waals surface area contributed by atoms with Gasteiger partial charge in [-0.3, -0.25) is 0 Å². The maximum Gasteiger partial charge on any atom is 0.0569 e. The van der Waals surface area contributed by atoms with Gasteiger partial charge in [-0.2, -0.15) is 11.8 Å². The van der Waals surface area contributed by atoms with E-state index in [-0.39, 0.29) is 17.9 Å². The molecule has 4 heteroatoms. The van der Waals surface area contributed by atoms with E-state index in [2.05, 4.69) is 12.2 Å². The Labute approximate surface area is 95.1 Å². The summed E-state index contributed by atoms with van der Waals surface area (Å²) < 4.78 is 0. The number of aliphatic hydroxyl groups is 1. The lowest BCUT2D eigenvalue weighted by Gasteiger charge is -2.22. The molecule has 0 bridgehead atoms. The predicted octanol–water partition coefficient (Wildman–Crippen LogP) is 1.79. The molecule has 0 aliphatic carbocycles. The van der Waals surface area contributed by atoms with Crippen LogP contribution in [0.5, 0.6) is 0 Å². The van der Waals surface area contributed by atoms with E-state index >= 15 is 0 Å². The number of anilines is 2. The van der Waals surface area contributed by atoms with Crippen LogP contribution in [0.1, 0.15) is 6.92 Å². The lowest BCUT2D eigenvalue weighted by molar-refractivity contribution is 0.288. The first-order chi connectivity index (χ1) is 7.17. The summed E-state index contributed by atoms with van der Waals surface area (Å²) in [6.45, 7) is 2.25. The first-order valence-corrected chi connectivity index (χ1v) is 6.22. The van der Waals surface area contributed by atoms with E-state index < -0.39 is 0 Å². The standard InChI is InChI=1S/C11H18N2OS/c1-8(11(7-14)15-2)13-10-5-3-9(12)4-6-10/h3-6,8,11,13-14H,7,12H2,1-2H3. The summed E-state index contributed by atoms with van der Waals surface area (Å²) in [5, 5.41) is 12.7. The van der Waals surface area contributed by atoms with Crippen molar-refractivity contribution in [2.45, 2.75) is 18.2 Å². The van der Waals surface area contributed by atoms with Gasteiger partial charge in [0.15, 0.2) is 0 Å². The molecular formula is C11H18N2OS. The van der Waals surface area contributed by atoms with Crippen LogP contribution in [0.2, 0.25) is 0 Å². The normalized spacial score (nSPS) is 14.6. The molecule has 2 unspecified atom stereocenters. The van der Waals surface area contributed by atoms with Crippen molar-refractivity contribution in [3.8, 4) is 0 Å². The molecule has 4 N–H and O–H groups in total. The third-order valence-electron chi connectivity index (χ3n) is 2.35. The van der Waals surface area contributed by atoms with Crippen LogP contribution in [-0.2, 0) is 0 Å². The Morgan fingerprint density at radius 3 is 2.47 bits per heavy atom. The Bertz CT molecular complexity index is 285. The third kappa shape index (κ3) is 3.64. The summed E-state index contributed by atoms with van der Waals surface area (Å²) in [4.78, 5) is 0. The van der Waals surface area contributed by atoms with Gasteiger partial charge in [0.25, 0.3) is 0 Å². The molecule has 3 nitrogen and oxygen atoms in total. The minimum absolute atomic E-state index is 0.185. The maximum atomic E-state index is 9.14. The summed E-state index contributed by atoms with van der Waals surface area (Å²) in [6, 6.07) is 7.85. The van der Waals surface area contributed by atoms with E-state index in [9.17, 15) is 0 Å². The van der Waals surface area contributed by atoms with E-state index in [4.69, 9.17) is 10.8 Å². The predicted molar refractivity (Wildman–Crippen MR) is 68.3 cm³/mol. The van der Waals surface area contributed by atoms with E-state index in [0.717, 1.165) is 11.4 Å². The molecule has 0 saturated heterocycles. The Kier molecular flexibility index (Phi) is 4.78. The number of thioether (sulfide) groups is 1. The van der Waals surface area contributed by atoms with E-state index in [1.165, 1.54) is 0 Å². The summed E-state index contributed by atoms with van der Waals surface area (Å²) in [5.74, 6) is 0. The number of nitrogen functional groups attached to an aromatic ring is 1. The van der Waals surface area contributed by atoms with Crippen molar-refractivity contribution in [2.75, 3.05) is 23.9 Å². The zero-order valence-electron chi connectivity index (χ0n) is 9.10. The van der Waals surface area contributed by atoms with Gasteiger partial charge in [-0.15, -0.1) is 0 Å². The van der Waals surface area contributed by atoms with Gasteiger partial charge in [-0.05, 0) is 37.4 Å². The van der Waals surface area contributed by atoms with Gasteiger partial charge in [0.05, 0.1) is 6.61 Å². The highest BCUT2D eigenvalue weighted by Gasteiger charge is 2.14. The molecule has 0 amide bonds. The monoisotopic (exact) mass is 226 g/mol. The molecule has 15 heavy (non-hydrogen) atoms. The molecule has 84 valence electrons. The van der Waals surface area contributed by atoms with Crippen LogP contribution in [-0.4, -0.2) is 29.3 Å². The fraction of sp³-hybridized carbons (Fsp3) is 0.455. The molecule has 0 saturated carbocycles. The number of nitrogens with two attached hydrogens (primary N) is 1. The molecule has 1 rings (SSSR count). The average molecular weight is 226 g/mol. The van der Waals surface area contributed by atoms with Crippen LogP contribution in [0.25, 0.3) is 0 Å².